The first-order valence-corrected chi connectivity index (χ1v) is 36.0. The van der Waals surface area contributed by atoms with Crippen molar-refractivity contribution in [2.24, 2.45) is 0 Å². The van der Waals surface area contributed by atoms with Crippen LogP contribution in [0.25, 0.3) is 20.2 Å². The van der Waals surface area contributed by atoms with Crippen LogP contribution in [0.3, 0.4) is 0 Å². The van der Waals surface area contributed by atoms with Crippen LogP contribution in [0.4, 0.5) is 68.7 Å². The molecule has 13 aromatic carbocycles. The van der Waals surface area contributed by atoms with Gasteiger partial charge in [-0.3, -0.25) is 0 Å². The fourth-order valence-corrected chi connectivity index (χ4v) is 21.2. The van der Waals surface area contributed by atoms with E-state index in [0.29, 0.717) is 68.7 Å². The zero-order valence-corrected chi connectivity index (χ0v) is 55.5. The largest absolute Gasteiger partial charge is 0.458 e. The maximum atomic E-state index is 16.4. The average Bonchev–Trinajstić information content (AvgIpc) is 1.14. The molecule has 0 amide bonds. The van der Waals surface area contributed by atoms with Crippen molar-refractivity contribution in [3.63, 3.8) is 0 Å². The monoisotopic (exact) mass is 1370 g/mol. The quantitative estimate of drug-likeness (QED) is 0.104. The molecule has 15 aromatic rings. The first-order chi connectivity index (χ1) is 49.2. The maximum absolute atomic E-state index is 16.4. The predicted octanol–water partition coefficient (Wildman–Crippen LogP) is 18.0. The molecule has 0 spiro atoms. The second-order valence-electron chi connectivity index (χ2n) is 25.4. The lowest BCUT2D eigenvalue weighted by Crippen LogP contribution is -2.63. The highest BCUT2D eigenvalue weighted by Crippen LogP contribution is 2.52. The van der Waals surface area contributed by atoms with Crippen LogP contribution in [-0.4, -0.2) is 20.1 Å². The molecule has 0 N–H and O–H groups in total. The van der Waals surface area contributed by atoms with Gasteiger partial charge in [-0.05, 0) is 139 Å². The number of nitrogens with zero attached hydrogens (tertiary/aromatic N) is 3. The fourth-order valence-electron chi connectivity index (χ4n) is 15.6. The summed E-state index contributed by atoms with van der Waals surface area (Å²) in [5.41, 5.74) is 10.9. The van der Waals surface area contributed by atoms with Crippen molar-refractivity contribution in [3.05, 3.63) is 290 Å². The molecule has 2 aromatic heterocycles. The summed E-state index contributed by atoms with van der Waals surface area (Å²) in [6, 6.07) is 84.7. The van der Waals surface area contributed by atoms with Crippen LogP contribution in [0.1, 0.15) is 0 Å². The van der Waals surface area contributed by atoms with Gasteiger partial charge in [-0.1, -0.05) is 157 Å². The Labute approximate surface area is 588 Å². The number of benzene rings is 13. The Kier molecular flexibility index (Phi) is 12.9. The lowest BCUT2D eigenvalue weighted by Gasteiger charge is -2.38. The normalized spacial score (nSPS) is 13.4. The van der Waals surface area contributed by atoms with E-state index in [-0.39, 0.29) is 24.8 Å². The lowest BCUT2D eigenvalue weighted by molar-refractivity contribution is 0.452. The van der Waals surface area contributed by atoms with Crippen LogP contribution in [0.2, 0.25) is 0 Å². The summed E-state index contributed by atoms with van der Waals surface area (Å²) in [7, 11) is 0. The van der Waals surface area contributed by atoms with Crippen molar-refractivity contribution >= 4 is 185 Å². The summed E-state index contributed by atoms with van der Waals surface area (Å²) < 4.78 is 99.7. The zero-order chi connectivity index (χ0) is 66.2. The minimum Gasteiger partial charge on any atom is -0.458 e. The van der Waals surface area contributed by atoms with Crippen molar-refractivity contribution < 1.29 is 36.5 Å². The molecular formula is C82H44B3F4N3O4S4. The molecule has 0 aliphatic carbocycles. The Morgan fingerprint density at radius 1 is 0.270 bits per heavy atom. The zero-order valence-electron chi connectivity index (χ0n) is 52.3. The van der Waals surface area contributed by atoms with Gasteiger partial charge in [-0.2, -0.15) is 0 Å². The Morgan fingerprint density at radius 3 is 0.970 bits per heavy atom. The molecule has 0 saturated heterocycles. The number of anilines is 9. The number of para-hydroxylation sites is 6. The number of rotatable bonds is 9. The van der Waals surface area contributed by atoms with Crippen LogP contribution in [0.5, 0.6) is 46.0 Å². The molecule has 6 aliphatic rings. The standard InChI is InChI=1S/C82H44B3F4N3O4S4/c86-58-29-17-30-59(87)77(58)91(47-23-9-3-10-24-47)50-37-68-75-72(39-50)97-79-52-27-13-15-33-70(52)99-81(79)84(75)56-41-54-62(43-64(56)95-68)93-66-35-49(90(45-19-5-1-6-20-45)46-21-7-2-8-22-46)36-67-74(66)83(54)55-42-57-65(44-63(55)94-67)96-69-38-51(92(48-25-11-4-12-26-48)78-60(88)31-18-32-61(78)89)40-73-76(69)85(57)82-80(98-73)53-28-14-16-34-71(53)100-82/h1-44H. The number of thiophene rings is 2. The molecule has 6 aliphatic heterocycles. The highest BCUT2D eigenvalue weighted by Gasteiger charge is 2.49. The third-order valence-corrected chi connectivity index (χ3v) is 24.9. The minimum absolute atomic E-state index is 0.200. The maximum Gasteiger partial charge on any atom is 0.266 e. The Balaban J connectivity index is 0.787. The molecule has 0 saturated carbocycles. The number of ether oxygens (including phenoxy) is 4. The first kappa shape index (κ1) is 58.0. The molecule has 100 heavy (non-hydrogen) atoms. The topological polar surface area (TPSA) is 46.6 Å². The molecule has 472 valence electrons. The molecular weight excluding hydrogens is 1330 g/mol. The van der Waals surface area contributed by atoms with Crippen molar-refractivity contribution in [3.8, 4) is 46.0 Å². The van der Waals surface area contributed by atoms with E-state index in [9.17, 15) is 0 Å². The first-order valence-electron chi connectivity index (χ1n) is 32.7. The van der Waals surface area contributed by atoms with Gasteiger partial charge < -0.3 is 33.6 Å². The van der Waals surface area contributed by atoms with Gasteiger partial charge in [-0.15, -0.1) is 22.7 Å². The second kappa shape index (κ2) is 22.3. The minimum atomic E-state index is -0.703. The van der Waals surface area contributed by atoms with Gasteiger partial charge >= 0.3 is 0 Å². The molecule has 8 heterocycles. The lowest BCUT2D eigenvalue weighted by atomic mass is 9.31. The summed E-state index contributed by atoms with van der Waals surface area (Å²) >= 11 is 6.85. The third-order valence-electron chi connectivity index (χ3n) is 19.8. The van der Waals surface area contributed by atoms with Gasteiger partial charge in [-0.25, -0.2) is 17.6 Å². The van der Waals surface area contributed by atoms with E-state index < -0.39 is 30.0 Å². The van der Waals surface area contributed by atoms with Gasteiger partial charge in [0.1, 0.15) is 80.6 Å². The number of halogens is 4. The van der Waals surface area contributed by atoms with E-state index in [4.69, 9.17) is 18.9 Å². The van der Waals surface area contributed by atoms with Crippen LogP contribution in [-0.2, 0) is 0 Å². The average molecular weight is 1370 g/mol. The number of hydrogen-bond donors (Lipinski definition) is 0. The van der Waals surface area contributed by atoms with Gasteiger partial charge in [0, 0.05) is 104 Å². The van der Waals surface area contributed by atoms with E-state index in [1.54, 1.807) is 56.0 Å². The van der Waals surface area contributed by atoms with E-state index in [2.05, 4.69) is 102 Å². The summed E-state index contributed by atoms with van der Waals surface area (Å²) in [5.74, 6) is 1.86. The van der Waals surface area contributed by atoms with Crippen LogP contribution in [0.15, 0.2) is 287 Å². The molecule has 0 radical (unpaired) electrons. The van der Waals surface area contributed by atoms with Gasteiger partial charge in [0.15, 0.2) is 0 Å². The number of fused-ring (bicyclic) bond motifs is 16. The summed E-state index contributed by atoms with van der Waals surface area (Å²) in [4.78, 5) is 9.50. The highest BCUT2D eigenvalue weighted by atomic mass is 32.2. The van der Waals surface area contributed by atoms with Gasteiger partial charge in [0.2, 0.25) is 0 Å². The molecule has 18 heteroatoms. The van der Waals surface area contributed by atoms with E-state index >= 15 is 17.6 Å². The molecule has 0 atom stereocenters. The van der Waals surface area contributed by atoms with Crippen molar-refractivity contribution in [2.45, 2.75) is 19.6 Å². The molecule has 7 nitrogen and oxygen atoms in total. The van der Waals surface area contributed by atoms with E-state index in [0.717, 1.165) is 105 Å². The summed E-state index contributed by atoms with van der Waals surface area (Å²) in [6.07, 6.45) is 0. The van der Waals surface area contributed by atoms with E-state index in [1.165, 1.54) is 36.4 Å². The van der Waals surface area contributed by atoms with Crippen molar-refractivity contribution in [1.29, 1.82) is 0 Å². The predicted molar refractivity (Wildman–Crippen MR) is 402 cm³/mol. The third kappa shape index (κ3) is 8.76. The molecule has 21 rings (SSSR count). The van der Waals surface area contributed by atoms with E-state index in [1.807, 2.05) is 133 Å². The molecule has 0 bridgehead atoms. The number of hydrogen-bond acceptors (Lipinski definition) is 11. The smallest absolute Gasteiger partial charge is 0.266 e. The molecule has 0 fully saturated rings. The highest BCUT2D eigenvalue weighted by molar-refractivity contribution is 8.01. The summed E-state index contributed by atoms with van der Waals surface area (Å²) in [6.45, 7) is -1.14. The van der Waals surface area contributed by atoms with Crippen LogP contribution < -0.4 is 81.4 Å². The van der Waals surface area contributed by atoms with Gasteiger partial charge in [0.25, 0.3) is 20.1 Å². The Morgan fingerprint density at radius 2 is 0.590 bits per heavy atom. The summed E-state index contributed by atoms with van der Waals surface area (Å²) in [5, 5.41) is 2.24. The Bertz CT molecular complexity index is 5620. The van der Waals surface area contributed by atoms with Crippen molar-refractivity contribution in [2.75, 3.05) is 14.7 Å². The van der Waals surface area contributed by atoms with Crippen LogP contribution in [0, 0.1) is 23.3 Å². The van der Waals surface area contributed by atoms with Crippen molar-refractivity contribution in [1.82, 2.24) is 0 Å². The van der Waals surface area contributed by atoms with Crippen LogP contribution >= 0.6 is 46.2 Å². The Hall–Kier alpha value is -11.0. The molecule has 0 unspecified atom stereocenters. The second-order valence-corrected chi connectivity index (χ2v) is 29.7. The SMILES string of the molecule is Fc1cccc(F)c1N(c1ccccc1)c1cc2c3c(c1)Sc1c(sc4ccccc14)B3c1cc3c(cc1O2)Oc1cc(N(c2ccccc2)c2ccccc2)cc2c1B3c1cc3c(cc1O2)Oc1cc(N(c2ccccc2)c2c(F)cccc2F)cc2c1B3c1sc3ccccc3c1S2. The van der Waals surface area contributed by atoms with Gasteiger partial charge in [0.05, 0.1) is 17.1 Å². The fraction of sp³-hybridized carbons (Fsp3) is 0.